The van der Waals surface area contributed by atoms with Crippen LogP contribution in [-0.4, -0.2) is 37.0 Å². The Labute approximate surface area is 207 Å². The zero-order valence-electron chi connectivity index (χ0n) is 19.6. The van der Waals surface area contributed by atoms with Crippen LogP contribution in [0.5, 0.6) is 5.75 Å². The molecule has 0 saturated carbocycles. The molecule has 3 aromatic rings. The maximum absolute atomic E-state index is 14.1. The molecule has 1 unspecified atom stereocenters. The van der Waals surface area contributed by atoms with E-state index in [0.717, 1.165) is 43.8 Å². The number of nitrogens with zero attached hydrogens (tertiary/aromatic N) is 2. The van der Waals surface area contributed by atoms with Gasteiger partial charge in [0.15, 0.2) is 0 Å². The monoisotopic (exact) mass is 490 g/mol. The molecule has 184 valence electrons. The maximum Gasteiger partial charge on any atom is 0.300 e. The lowest BCUT2D eigenvalue weighted by Gasteiger charge is -2.26. The van der Waals surface area contributed by atoms with Crippen molar-refractivity contribution < 1.29 is 28.2 Å². The number of carbonyl (C=O) groups is 2. The number of ketones is 1. The smallest absolute Gasteiger partial charge is 0.300 e. The van der Waals surface area contributed by atoms with Crippen LogP contribution in [0.1, 0.15) is 30.0 Å². The number of benzene rings is 3. The van der Waals surface area contributed by atoms with Gasteiger partial charge in [0.1, 0.15) is 23.1 Å². The van der Waals surface area contributed by atoms with E-state index in [4.69, 9.17) is 4.74 Å². The zero-order valence-corrected chi connectivity index (χ0v) is 19.6. The number of aliphatic hydroxyl groups is 1. The molecule has 0 bridgehead atoms. The van der Waals surface area contributed by atoms with Gasteiger partial charge >= 0.3 is 0 Å². The second kappa shape index (κ2) is 9.45. The highest BCUT2D eigenvalue weighted by Gasteiger charge is 2.47. The van der Waals surface area contributed by atoms with Crippen LogP contribution < -0.4 is 14.5 Å². The minimum absolute atomic E-state index is 0.0630. The summed E-state index contributed by atoms with van der Waals surface area (Å²) in [4.78, 5) is 30.1. The van der Waals surface area contributed by atoms with Gasteiger partial charge in [-0.2, -0.15) is 0 Å². The molecule has 1 N–H and O–H groups in total. The van der Waals surface area contributed by atoms with Gasteiger partial charge in [-0.3, -0.25) is 14.5 Å². The van der Waals surface area contributed by atoms with E-state index in [1.807, 2.05) is 12.1 Å². The molecule has 2 fully saturated rings. The van der Waals surface area contributed by atoms with Gasteiger partial charge in [-0.15, -0.1) is 0 Å². The van der Waals surface area contributed by atoms with Crippen molar-refractivity contribution in [3.05, 3.63) is 95.1 Å². The summed E-state index contributed by atoms with van der Waals surface area (Å²) in [7, 11) is 1.35. The van der Waals surface area contributed by atoms with Crippen LogP contribution >= 0.6 is 0 Å². The van der Waals surface area contributed by atoms with Crippen molar-refractivity contribution in [2.45, 2.75) is 18.9 Å². The number of amides is 1. The first-order chi connectivity index (χ1) is 17.4. The van der Waals surface area contributed by atoms with Crippen LogP contribution in [-0.2, 0) is 9.59 Å². The van der Waals surface area contributed by atoms with Crippen molar-refractivity contribution in [1.82, 2.24) is 0 Å². The number of halogens is 2. The van der Waals surface area contributed by atoms with Crippen molar-refractivity contribution >= 4 is 28.8 Å². The minimum Gasteiger partial charge on any atom is -0.507 e. The number of aliphatic hydroxyl groups excluding tert-OH is 1. The Morgan fingerprint density at radius 1 is 0.889 bits per heavy atom. The largest absolute Gasteiger partial charge is 0.507 e. The van der Waals surface area contributed by atoms with Gasteiger partial charge in [-0.05, 0) is 73.0 Å². The van der Waals surface area contributed by atoms with Gasteiger partial charge in [0.2, 0.25) is 0 Å². The van der Waals surface area contributed by atoms with Gasteiger partial charge in [-0.1, -0.05) is 12.1 Å². The molecule has 2 saturated heterocycles. The lowest BCUT2D eigenvalue weighted by Crippen LogP contribution is -2.29. The normalized spacial score (nSPS) is 19.2. The Morgan fingerprint density at radius 3 is 2.14 bits per heavy atom. The first kappa shape index (κ1) is 23.5. The van der Waals surface area contributed by atoms with Crippen molar-refractivity contribution in [2.24, 2.45) is 0 Å². The number of carbonyl (C=O) groups excluding carboxylic acids is 2. The van der Waals surface area contributed by atoms with E-state index in [-0.39, 0.29) is 16.9 Å². The topological polar surface area (TPSA) is 70.1 Å². The summed E-state index contributed by atoms with van der Waals surface area (Å²) < 4.78 is 33.1. The van der Waals surface area contributed by atoms with Gasteiger partial charge in [0.05, 0.1) is 24.3 Å². The molecule has 36 heavy (non-hydrogen) atoms. The van der Waals surface area contributed by atoms with Gasteiger partial charge in [0, 0.05) is 24.5 Å². The van der Waals surface area contributed by atoms with Crippen LogP contribution in [0.2, 0.25) is 0 Å². The number of hydrogen-bond donors (Lipinski definition) is 1. The van der Waals surface area contributed by atoms with E-state index in [1.165, 1.54) is 42.3 Å². The highest BCUT2D eigenvalue weighted by Crippen LogP contribution is 2.43. The second-order valence-corrected chi connectivity index (χ2v) is 8.78. The predicted octanol–water partition coefficient (Wildman–Crippen LogP) is 5.20. The average Bonchev–Trinajstić information content (AvgIpc) is 3.52. The molecule has 6 nitrogen and oxygen atoms in total. The van der Waals surface area contributed by atoms with Crippen molar-refractivity contribution in [1.29, 1.82) is 0 Å². The number of methoxy groups -OCH3 is 1. The molecule has 1 amide bonds. The van der Waals surface area contributed by atoms with Crippen molar-refractivity contribution in [3.63, 3.8) is 0 Å². The summed E-state index contributed by atoms with van der Waals surface area (Å²) >= 11 is 0. The quantitative estimate of drug-likeness (QED) is 0.303. The summed E-state index contributed by atoms with van der Waals surface area (Å²) in [6.45, 7) is 1.91. The lowest BCUT2D eigenvalue weighted by atomic mass is 9.94. The van der Waals surface area contributed by atoms with E-state index in [2.05, 4.69) is 4.90 Å². The van der Waals surface area contributed by atoms with Crippen LogP contribution in [0.3, 0.4) is 0 Å². The number of ether oxygens (including phenoxy) is 1. The molecular formula is C28H24F2N2O4. The van der Waals surface area contributed by atoms with Crippen LogP contribution in [0, 0.1) is 11.6 Å². The Morgan fingerprint density at radius 2 is 1.50 bits per heavy atom. The number of hydrogen-bond acceptors (Lipinski definition) is 5. The van der Waals surface area contributed by atoms with E-state index in [1.54, 1.807) is 12.1 Å². The number of rotatable bonds is 5. The Kier molecular flexibility index (Phi) is 6.18. The van der Waals surface area contributed by atoms with E-state index in [0.29, 0.717) is 11.3 Å². The van der Waals surface area contributed by atoms with E-state index in [9.17, 15) is 23.5 Å². The fourth-order valence-corrected chi connectivity index (χ4v) is 4.87. The molecule has 0 radical (unpaired) electrons. The third-order valence-electron chi connectivity index (χ3n) is 6.65. The molecule has 0 aromatic heterocycles. The second-order valence-electron chi connectivity index (χ2n) is 8.78. The summed E-state index contributed by atoms with van der Waals surface area (Å²) in [5.74, 6) is -3.37. The van der Waals surface area contributed by atoms with Crippen molar-refractivity contribution in [3.8, 4) is 5.75 Å². The third-order valence-corrected chi connectivity index (χ3v) is 6.65. The van der Waals surface area contributed by atoms with Gasteiger partial charge < -0.3 is 14.7 Å². The van der Waals surface area contributed by atoms with Crippen LogP contribution in [0.25, 0.3) is 5.76 Å². The molecule has 2 heterocycles. The number of Topliss-reactive ketones (excluding diaryl/α,β-unsaturated/α-hetero) is 1. The highest BCUT2D eigenvalue weighted by molar-refractivity contribution is 6.51. The van der Waals surface area contributed by atoms with E-state index < -0.39 is 35.1 Å². The molecule has 2 aliphatic rings. The maximum atomic E-state index is 14.1. The third kappa shape index (κ3) is 4.08. The molecular weight excluding hydrogens is 466 g/mol. The van der Waals surface area contributed by atoms with Gasteiger partial charge in [-0.25, -0.2) is 8.78 Å². The molecule has 0 aliphatic carbocycles. The molecule has 2 aliphatic heterocycles. The molecule has 0 spiro atoms. The first-order valence-electron chi connectivity index (χ1n) is 11.6. The SMILES string of the molecule is COc1ccc(F)cc1/C(O)=C1\C(=O)C(=O)N(c2ccc(N3CCCC3)cc2)C1c1ccc(F)cc1. The van der Waals surface area contributed by atoms with E-state index >= 15 is 0 Å². The van der Waals surface area contributed by atoms with Gasteiger partial charge in [0.25, 0.3) is 11.7 Å². The number of anilines is 2. The summed E-state index contributed by atoms with van der Waals surface area (Å²) in [6, 6.07) is 15.1. The van der Waals surface area contributed by atoms with Crippen molar-refractivity contribution in [2.75, 3.05) is 30.0 Å². The molecule has 3 aromatic carbocycles. The Balaban J connectivity index is 1.66. The molecule has 5 rings (SSSR count). The summed E-state index contributed by atoms with van der Waals surface area (Å²) in [5, 5.41) is 11.2. The summed E-state index contributed by atoms with van der Waals surface area (Å²) in [6.07, 6.45) is 2.23. The standard InChI is InChI=1S/C28H24F2N2O4/c1-36-23-13-8-19(30)16-22(23)26(33)24-25(17-4-6-18(29)7-5-17)32(28(35)27(24)34)21-11-9-20(10-12-21)31-14-2-3-15-31/h4-13,16,25,33H,2-3,14-15H2,1H3/b26-24+. The first-order valence-corrected chi connectivity index (χ1v) is 11.6. The lowest BCUT2D eigenvalue weighted by molar-refractivity contribution is -0.132. The highest BCUT2D eigenvalue weighted by atomic mass is 19.1. The molecule has 8 heteroatoms. The summed E-state index contributed by atoms with van der Waals surface area (Å²) in [5.41, 5.74) is 1.57. The fourth-order valence-electron chi connectivity index (χ4n) is 4.87. The molecule has 1 atom stereocenters. The fraction of sp³-hybridized carbons (Fsp3) is 0.214. The average molecular weight is 491 g/mol. The Bertz CT molecular complexity index is 1350. The van der Waals surface area contributed by atoms with Crippen LogP contribution in [0.4, 0.5) is 20.2 Å². The minimum atomic E-state index is -1.06. The van der Waals surface area contributed by atoms with Crippen LogP contribution in [0.15, 0.2) is 72.3 Å². The zero-order chi connectivity index (χ0) is 25.4. The Hall–Kier alpha value is -4.20. The predicted molar refractivity (Wildman–Crippen MR) is 132 cm³/mol.